The van der Waals surface area contributed by atoms with Gasteiger partial charge in [-0.15, -0.1) is 0 Å². The Balaban J connectivity index is 1.87. The van der Waals surface area contributed by atoms with Crippen LogP contribution in [0.15, 0.2) is 53.4 Å². The predicted octanol–water partition coefficient (Wildman–Crippen LogP) is 3.67. The van der Waals surface area contributed by atoms with E-state index in [0.717, 1.165) is 48.2 Å². The quantitative estimate of drug-likeness (QED) is 0.553. The molecule has 0 unspecified atom stereocenters. The van der Waals surface area contributed by atoms with Gasteiger partial charge in [-0.1, -0.05) is 43.3 Å². The lowest BCUT2D eigenvalue weighted by Gasteiger charge is -2.14. The second-order valence-electron chi connectivity index (χ2n) is 6.92. The van der Waals surface area contributed by atoms with E-state index < -0.39 is 10.0 Å². The van der Waals surface area contributed by atoms with Gasteiger partial charge in [-0.3, -0.25) is 0 Å². The van der Waals surface area contributed by atoms with Crippen molar-refractivity contribution in [3.05, 3.63) is 54.1 Å². The Kier molecular flexibility index (Phi) is 3.15. The Hall–Kier alpha value is -2.11. The van der Waals surface area contributed by atoms with Crippen LogP contribution in [0, 0.1) is 0 Å². The zero-order chi connectivity index (χ0) is 17.2. The molecule has 128 valence electrons. The van der Waals surface area contributed by atoms with Gasteiger partial charge in [0.15, 0.2) is 0 Å². The molecular formula is C20H20N2O2S. The topological polar surface area (TPSA) is 42.3 Å². The molecule has 1 fully saturated rings. The van der Waals surface area contributed by atoms with Gasteiger partial charge >= 0.3 is 0 Å². The van der Waals surface area contributed by atoms with Gasteiger partial charge in [0.1, 0.15) is 0 Å². The summed E-state index contributed by atoms with van der Waals surface area (Å²) in [6.07, 6.45) is 1.08. The second kappa shape index (κ2) is 5.19. The van der Waals surface area contributed by atoms with E-state index in [1.807, 2.05) is 30.3 Å². The van der Waals surface area contributed by atoms with Crippen LogP contribution in [-0.4, -0.2) is 36.9 Å². The van der Waals surface area contributed by atoms with Crippen LogP contribution in [0.2, 0.25) is 0 Å². The van der Waals surface area contributed by atoms with E-state index in [2.05, 4.69) is 17.9 Å². The number of para-hydroxylation sites is 1. The summed E-state index contributed by atoms with van der Waals surface area (Å²) in [5.74, 6) is 0.377. The maximum atomic E-state index is 13.2. The summed E-state index contributed by atoms with van der Waals surface area (Å²) in [4.78, 5) is 2.88. The third-order valence-corrected chi connectivity index (χ3v) is 7.43. The van der Waals surface area contributed by atoms with E-state index in [9.17, 15) is 8.42 Å². The molecule has 3 aromatic rings. The lowest BCUT2D eigenvalue weighted by molar-refractivity contribution is 0.354. The molecule has 25 heavy (non-hydrogen) atoms. The van der Waals surface area contributed by atoms with E-state index in [4.69, 9.17) is 0 Å². The minimum Gasteiger partial charge on any atom is -0.303 e. The van der Waals surface area contributed by atoms with E-state index >= 15 is 0 Å². The molecule has 1 atom stereocenters. The van der Waals surface area contributed by atoms with Gasteiger partial charge in [-0.2, -0.15) is 0 Å². The van der Waals surface area contributed by atoms with Crippen LogP contribution in [-0.2, 0) is 10.0 Å². The molecule has 2 aliphatic heterocycles. The standard InChI is InChI=1S/C20H20N2O2S/c1-2-21-12-11-14(13-21)19-15-7-3-5-9-17(15)22-20(19)16-8-4-6-10-18(16)25(22,23)24/h3-10,14H,2,11-13H2,1H3/t14-/m0/s1. The number of hydrogen-bond donors (Lipinski definition) is 0. The third-order valence-electron chi connectivity index (χ3n) is 5.66. The van der Waals surface area contributed by atoms with Crippen LogP contribution in [0.25, 0.3) is 22.2 Å². The number of benzene rings is 2. The number of rotatable bonds is 2. The molecule has 2 aromatic carbocycles. The molecule has 5 rings (SSSR count). The molecular weight excluding hydrogens is 332 g/mol. The highest BCUT2D eigenvalue weighted by Gasteiger charge is 2.39. The Bertz CT molecular complexity index is 1100. The van der Waals surface area contributed by atoms with Crippen molar-refractivity contribution in [3.8, 4) is 11.3 Å². The van der Waals surface area contributed by atoms with Crippen LogP contribution in [0.5, 0.6) is 0 Å². The van der Waals surface area contributed by atoms with Gasteiger partial charge < -0.3 is 4.90 Å². The molecule has 0 radical (unpaired) electrons. The molecule has 2 aliphatic rings. The summed E-state index contributed by atoms with van der Waals surface area (Å²) in [6.45, 7) is 5.30. The van der Waals surface area contributed by atoms with E-state index in [0.29, 0.717) is 10.8 Å². The van der Waals surface area contributed by atoms with Gasteiger partial charge in [0.05, 0.1) is 16.1 Å². The predicted molar refractivity (Wildman–Crippen MR) is 99.4 cm³/mol. The summed E-state index contributed by atoms with van der Waals surface area (Å²) < 4.78 is 28.0. The third kappa shape index (κ3) is 1.94. The van der Waals surface area contributed by atoms with E-state index in [1.54, 1.807) is 16.1 Å². The first-order valence-corrected chi connectivity index (χ1v) is 10.3. The average Bonchev–Trinajstić information content (AvgIpc) is 3.28. The highest BCUT2D eigenvalue weighted by Crippen LogP contribution is 2.48. The summed E-state index contributed by atoms with van der Waals surface area (Å²) >= 11 is 0. The van der Waals surface area contributed by atoms with Crippen LogP contribution >= 0.6 is 0 Å². The summed E-state index contributed by atoms with van der Waals surface area (Å²) in [6, 6.07) is 15.3. The van der Waals surface area contributed by atoms with Crippen molar-refractivity contribution < 1.29 is 8.42 Å². The number of likely N-dealkylation sites (N-methyl/N-ethyl adjacent to an activating group) is 1. The molecule has 0 spiro atoms. The van der Waals surface area contributed by atoms with Crippen molar-refractivity contribution in [3.63, 3.8) is 0 Å². The van der Waals surface area contributed by atoms with Gasteiger partial charge in [-0.25, -0.2) is 12.4 Å². The zero-order valence-electron chi connectivity index (χ0n) is 14.1. The summed E-state index contributed by atoms with van der Waals surface area (Å²) in [7, 11) is -3.52. The minimum absolute atomic E-state index is 0.377. The summed E-state index contributed by atoms with van der Waals surface area (Å²) in [5.41, 5.74) is 3.75. The first kappa shape index (κ1) is 15.2. The number of nitrogens with zero attached hydrogens (tertiary/aromatic N) is 2. The Morgan fingerprint density at radius 2 is 1.84 bits per heavy atom. The fraction of sp³-hybridized carbons (Fsp3) is 0.300. The molecule has 0 amide bonds. The number of hydrogen-bond acceptors (Lipinski definition) is 3. The SMILES string of the molecule is CCN1CC[C@H](c2c3n(c4ccccc24)S(=O)(=O)c2ccccc2-3)C1. The number of aromatic nitrogens is 1. The molecule has 1 aromatic heterocycles. The Morgan fingerprint density at radius 1 is 1.08 bits per heavy atom. The molecule has 1 saturated heterocycles. The van der Waals surface area contributed by atoms with Crippen molar-refractivity contribution in [2.45, 2.75) is 24.2 Å². The van der Waals surface area contributed by atoms with Crippen LogP contribution in [0.3, 0.4) is 0 Å². The maximum absolute atomic E-state index is 13.2. The average molecular weight is 352 g/mol. The fourth-order valence-electron chi connectivity index (χ4n) is 4.49. The van der Waals surface area contributed by atoms with E-state index in [-0.39, 0.29) is 0 Å². The van der Waals surface area contributed by atoms with Crippen molar-refractivity contribution in [2.24, 2.45) is 0 Å². The summed E-state index contributed by atoms with van der Waals surface area (Å²) in [5, 5.41) is 1.08. The smallest absolute Gasteiger partial charge is 0.269 e. The largest absolute Gasteiger partial charge is 0.303 e. The molecule has 3 heterocycles. The van der Waals surface area contributed by atoms with Crippen LogP contribution < -0.4 is 0 Å². The maximum Gasteiger partial charge on any atom is 0.269 e. The normalized spacial score (nSPS) is 21.6. The zero-order valence-corrected chi connectivity index (χ0v) is 15.0. The molecule has 0 N–H and O–H groups in total. The van der Waals surface area contributed by atoms with Gasteiger partial charge in [0.25, 0.3) is 10.0 Å². The molecule has 0 bridgehead atoms. The van der Waals surface area contributed by atoms with Gasteiger partial charge in [0.2, 0.25) is 0 Å². The van der Waals surface area contributed by atoms with Gasteiger partial charge in [-0.05, 0) is 37.2 Å². The number of likely N-dealkylation sites (tertiary alicyclic amines) is 1. The van der Waals surface area contributed by atoms with E-state index in [1.165, 1.54) is 5.56 Å². The molecule has 4 nitrogen and oxygen atoms in total. The fourth-order valence-corrected chi connectivity index (χ4v) is 6.24. The van der Waals surface area contributed by atoms with Crippen molar-refractivity contribution >= 4 is 20.9 Å². The van der Waals surface area contributed by atoms with Crippen LogP contribution in [0.4, 0.5) is 0 Å². The molecule has 0 aliphatic carbocycles. The Morgan fingerprint density at radius 3 is 2.64 bits per heavy atom. The molecule has 5 heteroatoms. The van der Waals surface area contributed by atoms with Crippen molar-refractivity contribution in [1.82, 2.24) is 8.87 Å². The van der Waals surface area contributed by atoms with Crippen molar-refractivity contribution in [2.75, 3.05) is 19.6 Å². The second-order valence-corrected chi connectivity index (χ2v) is 8.68. The lowest BCUT2D eigenvalue weighted by atomic mass is 9.92. The highest BCUT2D eigenvalue weighted by molar-refractivity contribution is 7.90. The van der Waals surface area contributed by atoms with Gasteiger partial charge in [0, 0.05) is 23.4 Å². The number of fused-ring (bicyclic) bond motifs is 5. The minimum atomic E-state index is -3.52. The monoisotopic (exact) mass is 352 g/mol. The first-order chi connectivity index (χ1) is 12.1. The highest BCUT2D eigenvalue weighted by atomic mass is 32.2. The lowest BCUT2D eigenvalue weighted by Crippen LogP contribution is -2.19. The van der Waals surface area contributed by atoms with Crippen molar-refractivity contribution in [1.29, 1.82) is 0 Å². The first-order valence-electron chi connectivity index (χ1n) is 8.83. The molecule has 0 saturated carbocycles. The Labute approximate surface area is 147 Å². The van der Waals surface area contributed by atoms with Crippen LogP contribution in [0.1, 0.15) is 24.8 Å².